The number of benzene rings is 1. The lowest BCUT2D eigenvalue weighted by atomic mass is 9.96. The Kier molecular flexibility index (Phi) is 3.25. The van der Waals surface area contributed by atoms with E-state index in [1.807, 2.05) is 6.07 Å². The number of nitrogens with one attached hydrogen (secondary N) is 1. The van der Waals surface area contributed by atoms with Crippen molar-refractivity contribution in [2.45, 2.75) is 0 Å². The predicted molar refractivity (Wildman–Crippen MR) is 96.4 cm³/mol. The van der Waals surface area contributed by atoms with Crippen LogP contribution in [-0.2, 0) is 0 Å². The van der Waals surface area contributed by atoms with Gasteiger partial charge in [0.2, 0.25) is 6.79 Å². The standard InChI is InChI=1S/C16H13N5O3S/c17-4-7-10(6-1-2-8-9(3-6)24-5-23-8)11-12(18)13(15(20)22)25-16(11)21-14(7)19/h1-4,17H,5,18H2,(H2,19,21)(H2,20,22). The quantitative estimate of drug-likeness (QED) is 0.527. The van der Waals surface area contributed by atoms with E-state index in [0.29, 0.717) is 32.8 Å². The number of carbonyl (C=O) groups is 1. The van der Waals surface area contributed by atoms with Crippen LogP contribution in [0.2, 0.25) is 0 Å². The first-order chi connectivity index (χ1) is 12.0. The molecular formula is C16H13N5O3S. The second-order valence-electron chi connectivity index (χ2n) is 5.39. The fraction of sp³-hybridized carbons (Fsp3) is 0.0625. The molecule has 0 aliphatic carbocycles. The van der Waals surface area contributed by atoms with Gasteiger partial charge < -0.3 is 32.1 Å². The largest absolute Gasteiger partial charge is 0.454 e. The number of nitrogens with zero attached hydrogens (tertiary/aromatic N) is 1. The van der Waals surface area contributed by atoms with Crippen molar-refractivity contribution in [3.8, 4) is 22.6 Å². The monoisotopic (exact) mass is 355 g/mol. The Bertz CT molecular complexity index is 1060. The van der Waals surface area contributed by atoms with E-state index in [1.54, 1.807) is 12.1 Å². The summed E-state index contributed by atoms with van der Waals surface area (Å²) in [5.41, 5.74) is 19.6. The van der Waals surface area contributed by atoms with Crippen LogP contribution in [0.4, 0.5) is 11.5 Å². The van der Waals surface area contributed by atoms with E-state index >= 15 is 0 Å². The number of nitrogen functional groups attached to an aromatic ring is 2. The molecule has 0 saturated heterocycles. The smallest absolute Gasteiger partial charge is 0.260 e. The van der Waals surface area contributed by atoms with Gasteiger partial charge in [-0.15, -0.1) is 11.3 Å². The van der Waals surface area contributed by atoms with Crippen LogP contribution in [0.1, 0.15) is 15.2 Å². The maximum absolute atomic E-state index is 11.6. The predicted octanol–water partition coefficient (Wildman–Crippen LogP) is 1.95. The van der Waals surface area contributed by atoms with Gasteiger partial charge in [0.05, 0.1) is 5.69 Å². The van der Waals surface area contributed by atoms with Gasteiger partial charge in [-0.2, -0.15) is 0 Å². The third-order valence-electron chi connectivity index (χ3n) is 3.97. The maximum atomic E-state index is 11.6. The van der Waals surface area contributed by atoms with E-state index in [9.17, 15) is 4.79 Å². The number of carbonyl (C=O) groups excluding carboxylic acids is 1. The molecule has 3 heterocycles. The summed E-state index contributed by atoms with van der Waals surface area (Å²) in [7, 11) is 0. The van der Waals surface area contributed by atoms with Crippen molar-refractivity contribution in [3.63, 3.8) is 0 Å². The second kappa shape index (κ2) is 5.35. The van der Waals surface area contributed by atoms with Crippen molar-refractivity contribution in [2.24, 2.45) is 5.73 Å². The second-order valence-corrected chi connectivity index (χ2v) is 6.39. The Hall–Kier alpha value is -3.33. The Morgan fingerprint density at radius 3 is 2.76 bits per heavy atom. The zero-order chi connectivity index (χ0) is 17.7. The highest BCUT2D eigenvalue weighted by Gasteiger charge is 2.24. The highest BCUT2D eigenvalue weighted by atomic mass is 32.1. The van der Waals surface area contributed by atoms with Crippen molar-refractivity contribution in [2.75, 3.05) is 18.3 Å². The maximum Gasteiger partial charge on any atom is 0.260 e. The van der Waals surface area contributed by atoms with Gasteiger partial charge in [-0.05, 0) is 17.7 Å². The summed E-state index contributed by atoms with van der Waals surface area (Å²) in [6.07, 6.45) is 1.11. The van der Waals surface area contributed by atoms with Crippen LogP contribution in [0, 0.1) is 5.41 Å². The molecule has 0 saturated carbocycles. The molecule has 1 amide bonds. The van der Waals surface area contributed by atoms with Crippen LogP contribution in [0.5, 0.6) is 11.5 Å². The molecule has 2 aromatic heterocycles. The van der Waals surface area contributed by atoms with Crippen LogP contribution in [0.15, 0.2) is 18.2 Å². The van der Waals surface area contributed by atoms with Crippen molar-refractivity contribution >= 4 is 45.2 Å². The minimum Gasteiger partial charge on any atom is -0.454 e. The lowest BCUT2D eigenvalue weighted by molar-refractivity contribution is 0.100. The molecule has 9 heteroatoms. The van der Waals surface area contributed by atoms with Crippen LogP contribution in [-0.4, -0.2) is 23.9 Å². The summed E-state index contributed by atoms with van der Waals surface area (Å²) >= 11 is 1.08. The zero-order valence-corrected chi connectivity index (χ0v) is 13.6. The van der Waals surface area contributed by atoms with Crippen LogP contribution >= 0.6 is 11.3 Å². The van der Waals surface area contributed by atoms with E-state index in [2.05, 4.69) is 4.98 Å². The minimum absolute atomic E-state index is 0.149. The van der Waals surface area contributed by atoms with Gasteiger partial charge in [0.25, 0.3) is 5.91 Å². The molecule has 8 nitrogen and oxygen atoms in total. The van der Waals surface area contributed by atoms with Gasteiger partial charge in [-0.1, -0.05) is 6.07 Å². The van der Waals surface area contributed by atoms with Crippen LogP contribution < -0.4 is 26.7 Å². The number of aromatic nitrogens is 1. The zero-order valence-electron chi connectivity index (χ0n) is 12.8. The Balaban J connectivity index is 2.10. The molecule has 1 aromatic carbocycles. The number of nitrogens with two attached hydrogens (primary N) is 3. The third kappa shape index (κ3) is 2.17. The average Bonchev–Trinajstić information content (AvgIpc) is 3.17. The molecule has 1 aliphatic heterocycles. The summed E-state index contributed by atoms with van der Waals surface area (Å²) in [5.74, 6) is 0.759. The summed E-state index contributed by atoms with van der Waals surface area (Å²) in [6, 6.07) is 5.37. The fourth-order valence-corrected chi connectivity index (χ4v) is 3.83. The van der Waals surface area contributed by atoms with Gasteiger partial charge in [-0.3, -0.25) is 4.79 Å². The summed E-state index contributed by atoms with van der Waals surface area (Å²) in [4.78, 5) is 16.6. The number of amides is 1. The molecular weight excluding hydrogens is 342 g/mol. The van der Waals surface area contributed by atoms with E-state index in [-0.39, 0.29) is 23.2 Å². The Labute approximate surface area is 145 Å². The summed E-state index contributed by atoms with van der Waals surface area (Å²) in [5, 5.41) is 8.28. The third-order valence-corrected chi connectivity index (χ3v) is 5.09. The number of fused-ring (bicyclic) bond motifs is 2. The van der Waals surface area contributed by atoms with Gasteiger partial charge in [0, 0.05) is 22.7 Å². The topological polar surface area (TPSA) is 150 Å². The van der Waals surface area contributed by atoms with Crippen molar-refractivity contribution in [1.82, 2.24) is 4.98 Å². The number of hydrogen-bond acceptors (Lipinski definition) is 8. The molecule has 7 N–H and O–H groups in total. The van der Waals surface area contributed by atoms with Crippen molar-refractivity contribution < 1.29 is 14.3 Å². The highest BCUT2D eigenvalue weighted by Crippen LogP contribution is 2.44. The molecule has 0 spiro atoms. The molecule has 4 rings (SSSR count). The normalized spacial score (nSPS) is 12.5. The van der Waals surface area contributed by atoms with Crippen molar-refractivity contribution in [1.29, 1.82) is 5.41 Å². The number of anilines is 2. The average molecular weight is 355 g/mol. The van der Waals surface area contributed by atoms with Crippen molar-refractivity contribution in [3.05, 3.63) is 28.6 Å². The van der Waals surface area contributed by atoms with Gasteiger partial charge in [0.1, 0.15) is 15.5 Å². The van der Waals surface area contributed by atoms with Crippen LogP contribution in [0.25, 0.3) is 21.3 Å². The molecule has 126 valence electrons. The first kappa shape index (κ1) is 15.2. The number of thiophene rings is 1. The molecule has 0 unspecified atom stereocenters. The number of primary amides is 1. The van der Waals surface area contributed by atoms with Crippen LogP contribution in [0.3, 0.4) is 0 Å². The lowest BCUT2D eigenvalue weighted by Gasteiger charge is -2.11. The Morgan fingerprint density at radius 1 is 1.28 bits per heavy atom. The number of hydrogen-bond donors (Lipinski definition) is 4. The minimum atomic E-state index is -0.632. The first-order valence-electron chi connectivity index (χ1n) is 7.23. The van der Waals surface area contributed by atoms with E-state index in [4.69, 9.17) is 32.1 Å². The van der Waals surface area contributed by atoms with E-state index in [0.717, 1.165) is 23.1 Å². The van der Waals surface area contributed by atoms with E-state index < -0.39 is 5.91 Å². The lowest BCUT2D eigenvalue weighted by Crippen LogP contribution is -2.10. The SMILES string of the molecule is N=Cc1c(N)nc2sc(C(N)=O)c(N)c2c1-c1ccc2c(c1)OCO2. The van der Waals surface area contributed by atoms with Gasteiger partial charge >= 0.3 is 0 Å². The first-order valence-corrected chi connectivity index (χ1v) is 8.04. The number of pyridine rings is 1. The van der Waals surface area contributed by atoms with Gasteiger partial charge in [-0.25, -0.2) is 4.98 Å². The number of rotatable bonds is 3. The summed E-state index contributed by atoms with van der Waals surface area (Å²) in [6.45, 7) is 0.149. The number of ether oxygens (including phenoxy) is 2. The van der Waals surface area contributed by atoms with E-state index in [1.165, 1.54) is 0 Å². The molecule has 0 atom stereocenters. The molecule has 3 aromatic rings. The molecule has 0 fully saturated rings. The highest BCUT2D eigenvalue weighted by molar-refractivity contribution is 7.21. The molecule has 25 heavy (non-hydrogen) atoms. The molecule has 1 aliphatic rings. The van der Waals surface area contributed by atoms with Gasteiger partial charge in [0.15, 0.2) is 11.5 Å². The Morgan fingerprint density at radius 2 is 2.04 bits per heavy atom. The summed E-state index contributed by atoms with van der Waals surface area (Å²) < 4.78 is 10.7. The fourth-order valence-electron chi connectivity index (χ4n) is 2.87. The molecule has 0 radical (unpaired) electrons. The molecule has 0 bridgehead atoms.